The normalized spacial score (nSPS) is 15.4. The molecule has 4 rings (SSSR count). The number of fused-ring (bicyclic) bond motifs is 1. The van der Waals surface area contributed by atoms with Crippen molar-refractivity contribution in [1.82, 2.24) is 25.2 Å². The Morgan fingerprint density at radius 1 is 1.26 bits per heavy atom. The van der Waals surface area contributed by atoms with Gasteiger partial charge in [0.2, 0.25) is 0 Å². The minimum absolute atomic E-state index is 0.302. The standard InChI is InChI=1S/C22H24ClF3N6O2/c1-32-8-6-14(7-9-32)29-18-16(23)10-27-21-19(18)30-20(31-21)13-2-4-15(5-3-13)34-11-17(33)28-12-22(24,25)26/h2-5,10,14H,6-9,11-12H2,1H3,(H,28,33)(H2,27,29,30,31). The van der Waals surface area contributed by atoms with Gasteiger partial charge in [-0.2, -0.15) is 13.2 Å². The van der Waals surface area contributed by atoms with Gasteiger partial charge in [0.25, 0.3) is 5.91 Å². The first-order valence-electron chi connectivity index (χ1n) is 10.7. The Hall–Kier alpha value is -3.05. The summed E-state index contributed by atoms with van der Waals surface area (Å²) in [5.41, 5.74) is 2.75. The van der Waals surface area contributed by atoms with E-state index in [2.05, 4.69) is 32.2 Å². The molecule has 3 N–H and O–H groups in total. The molecule has 0 spiro atoms. The minimum Gasteiger partial charge on any atom is -0.484 e. The molecule has 0 radical (unpaired) electrons. The lowest BCUT2D eigenvalue weighted by Crippen LogP contribution is -2.36. The molecular formula is C22H24ClF3N6O2. The van der Waals surface area contributed by atoms with E-state index in [1.54, 1.807) is 35.8 Å². The van der Waals surface area contributed by atoms with Crippen LogP contribution >= 0.6 is 11.6 Å². The molecule has 3 aromatic rings. The van der Waals surface area contributed by atoms with Crippen LogP contribution in [-0.4, -0.2) is 71.3 Å². The number of imidazole rings is 1. The van der Waals surface area contributed by atoms with E-state index in [4.69, 9.17) is 16.3 Å². The Bertz CT molecular complexity index is 1140. The number of aromatic amines is 1. The summed E-state index contributed by atoms with van der Waals surface area (Å²) in [6.45, 7) is 0.105. The number of amides is 1. The molecule has 3 heterocycles. The first kappa shape index (κ1) is 24.1. The quantitative estimate of drug-likeness (QED) is 0.460. The largest absolute Gasteiger partial charge is 0.484 e. The maximum atomic E-state index is 12.2. The number of anilines is 1. The van der Waals surface area contributed by atoms with E-state index in [-0.39, 0.29) is 0 Å². The molecule has 1 aliphatic rings. The zero-order valence-electron chi connectivity index (χ0n) is 18.4. The number of piperidine rings is 1. The number of rotatable bonds is 7. The van der Waals surface area contributed by atoms with E-state index >= 15 is 0 Å². The molecule has 0 bridgehead atoms. The van der Waals surface area contributed by atoms with E-state index in [1.165, 1.54) is 0 Å². The number of ether oxygens (including phenoxy) is 1. The van der Waals surface area contributed by atoms with Crippen molar-refractivity contribution in [3.63, 3.8) is 0 Å². The SMILES string of the molecule is CN1CCC(Nc2c(Cl)cnc3nc(-c4ccc(OCC(=O)NCC(F)(F)F)cc4)[nH]c23)CC1. The summed E-state index contributed by atoms with van der Waals surface area (Å²) in [5, 5.41) is 5.80. The highest BCUT2D eigenvalue weighted by Crippen LogP contribution is 2.32. The first-order valence-corrected chi connectivity index (χ1v) is 11.1. The number of hydrogen-bond acceptors (Lipinski definition) is 6. The summed E-state index contributed by atoms with van der Waals surface area (Å²) in [4.78, 5) is 25.9. The molecule has 1 aromatic carbocycles. The topological polar surface area (TPSA) is 95.2 Å². The van der Waals surface area contributed by atoms with Crippen molar-refractivity contribution in [2.24, 2.45) is 0 Å². The summed E-state index contributed by atoms with van der Waals surface area (Å²) in [6.07, 6.45) is -0.876. The zero-order valence-corrected chi connectivity index (χ0v) is 19.1. The van der Waals surface area contributed by atoms with Crippen molar-refractivity contribution in [3.05, 3.63) is 35.5 Å². The summed E-state index contributed by atoms with van der Waals surface area (Å²) in [6, 6.07) is 6.98. The Kier molecular flexibility index (Phi) is 7.13. The lowest BCUT2D eigenvalue weighted by molar-refractivity contribution is -0.139. The lowest BCUT2D eigenvalue weighted by Gasteiger charge is -2.30. The molecule has 8 nitrogen and oxygen atoms in total. The predicted molar refractivity (Wildman–Crippen MR) is 123 cm³/mol. The number of carbonyl (C=O) groups excluding carboxylic acids is 1. The Morgan fingerprint density at radius 3 is 2.65 bits per heavy atom. The number of nitrogens with one attached hydrogen (secondary N) is 3. The number of halogens is 4. The molecule has 34 heavy (non-hydrogen) atoms. The van der Waals surface area contributed by atoms with Crippen LogP contribution in [0.3, 0.4) is 0 Å². The van der Waals surface area contributed by atoms with Crippen LogP contribution in [0.5, 0.6) is 5.75 Å². The number of benzene rings is 1. The van der Waals surface area contributed by atoms with Gasteiger partial charge in [0.1, 0.15) is 23.6 Å². The third-order valence-electron chi connectivity index (χ3n) is 5.52. The highest BCUT2D eigenvalue weighted by Gasteiger charge is 2.27. The summed E-state index contributed by atoms with van der Waals surface area (Å²) >= 11 is 6.44. The molecule has 0 unspecified atom stereocenters. The minimum atomic E-state index is -4.47. The molecule has 0 saturated carbocycles. The maximum absolute atomic E-state index is 12.2. The average Bonchev–Trinajstić information content (AvgIpc) is 3.24. The first-order chi connectivity index (χ1) is 16.2. The van der Waals surface area contributed by atoms with Gasteiger partial charge in [-0.15, -0.1) is 0 Å². The number of alkyl halides is 3. The second-order valence-electron chi connectivity index (χ2n) is 8.19. The second kappa shape index (κ2) is 10.1. The predicted octanol–water partition coefficient (Wildman–Crippen LogP) is 3.84. The van der Waals surface area contributed by atoms with Crippen LogP contribution in [0.15, 0.2) is 30.5 Å². The van der Waals surface area contributed by atoms with E-state index < -0.39 is 25.2 Å². The van der Waals surface area contributed by atoms with Gasteiger partial charge in [-0.05, 0) is 57.2 Å². The van der Waals surface area contributed by atoms with E-state index in [1.807, 2.05) is 0 Å². The van der Waals surface area contributed by atoms with E-state index in [0.717, 1.165) is 37.2 Å². The third kappa shape index (κ3) is 6.09. The molecule has 1 fully saturated rings. The number of carbonyl (C=O) groups is 1. The molecule has 1 aliphatic heterocycles. The van der Waals surface area contributed by atoms with Gasteiger partial charge in [-0.25, -0.2) is 9.97 Å². The fourth-order valence-electron chi connectivity index (χ4n) is 3.68. The fourth-order valence-corrected chi connectivity index (χ4v) is 3.87. The molecule has 0 aliphatic carbocycles. The average molecular weight is 497 g/mol. The zero-order chi connectivity index (χ0) is 24.3. The van der Waals surface area contributed by atoms with Crippen LogP contribution < -0.4 is 15.4 Å². The van der Waals surface area contributed by atoms with Gasteiger partial charge in [0.05, 0.1) is 16.9 Å². The summed E-state index contributed by atoms with van der Waals surface area (Å²) in [7, 11) is 2.11. The lowest BCUT2D eigenvalue weighted by atomic mass is 10.1. The number of aromatic nitrogens is 3. The number of H-pyrrole nitrogens is 1. The number of likely N-dealkylation sites (tertiary alicyclic amines) is 1. The Labute approximate surface area is 198 Å². The van der Waals surface area contributed by atoms with Crippen molar-refractivity contribution < 1.29 is 22.7 Å². The molecule has 1 amide bonds. The monoisotopic (exact) mass is 496 g/mol. The van der Waals surface area contributed by atoms with Crippen molar-refractivity contribution in [1.29, 1.82) is 0 Å². The number of nitrogens with zero attached hydrogens (tertiary/aromatic N) is 3. The van der Waals surface area contributed by atoms with Gasteiger partial charge in [-0.3, -0.25) is 4.79 Å². The summed E-state index contributed by atoms with van der Waals surface area (Å²) < 4.78 is 41.7. The van der Waals surface area contributed by atoms with E-state index in [9.17, 15) is 18.0 Å². The van der Waals surface area contributed by atoms with Crippen LogP contribution in [0.25, 0.3) is 22.6 Å². The smallest absolute Gasteiger partial charge is 0.405 e. The maximum Gasteiger partial charge on any atom is 0.405 e. The Morgan fingerprint density at radius 2 is 1.97 bits per heavy atom. The Balaban J connectivity index is 1.44. The van der Waals surface area contributed by atoms with Gasteiger partial charge in [0, 0.05) is 11.6 Å². The van der Waals surface area contributed by atoms with Crippen LogP contribution in [0.2, 0.25) is 5.02 Å². The molecule has 12 heteroatoms. The number of pyridine rings is 1. The third-order valence-corrected chi connectivity index (χ3v) is 5.81. The summed E-state index contributed by atoms with van der Waals surface area (Å²) in [5.74, 6) is 0.0600. The molecule has 0 atom stereocenters. The molecule has 1 saturated heterocycles. The fraction of sp³-hybridized carbons (Fsp3) is 0.409. The van der Waals surface area contributed by atoms with Crippen LogP contribution in [0.1, 0.15) is 12.8 Å². The van der Waals surface area contributed by atoms with Gasteiger partial charge in [0.15, 0.2) is 12.3 Å². The van der Waals surface area contributed by atoms with Crippen molar-refractivity contribution in [3.8, 4) is 17.1 Å². The van der Waals surface area contributed by atoms with Gasteiger partial charge >= 0.3 is 6.18 Å². The number of hydrogen-bond donors (Lipinski definition) is 3. The highest BCUT2D eigenvalue weighted by atomic mass is 35.5. The van der Waals surface area contributed by atoms with Gasteiger partial charge in [-0.1, -0.05) is 11.6 Å². The van der Waals surface area contributed by atoms with Crippen LogP contribution in [0.4, 0.5) is 18.9 Å². The second-order valence-corrected chi connectivity index (χ2v) is 8.60. The van der Waals surface area contributed by atoms with Crippen LogP contribution in [-0.2, 0) is 4.79 Å². The van der Waals surface area contributed by atoms with E-state index in [0.29, 0.717) is 33.8 Å². The van der Waals surface area contributed by atoms with Crippen molar-refractivity contribution in [2.75, 3.05) is 38.6 Å². The highest BCUT2D eigenvalue weighted by molar-refractivity contribution is 6.34. The molecule has 2 aromatic heterocycles. The van der Waals surface area contributed by atoms with Crippen LogP contribution in [0, 0.1) is 0 Å². The van der Waals surface area contributed by atoms with Crippen molar-refractivity contribution in [2.45, 2.75) is 25.1 Å². The van der Waals surface area contributed by atoms with Gasteiger partial charge < -0.3 is 25.3 Å². The molecular weight excluding hydrogens is 473 g/mol. The van der Waals surface area contributed by atoms with Crippen molar-refractivity contribution >= 4 is 34.4 Å². The molecule has 182 valence electrons.